The summed E-state index contributed by atoms with van der Waals surface area (Å²) < 4.78 is 10.3. The monoisotopic (exact) mass is 592 g/mol. The smallest absolute Gasteiger partial charge is 1.00 e. The van der Waals surface area contributed by atoms with Crippen LogP contribution in [0.1, 0.15) is 24.0 Å². The average molecular weight is 592 g/mol. The summed E-state index contributed by atoms with van der Waals surface area (Å²) in [6.07, 6.45) is 16.8. The summed E-state index contributed by atoms with van der Waals surface area (Å²) in [6, 6.07) is 16.1. The standard InChI is InChI=1S/2C12H11O.2ClH.Hf/c2*1-13-12-8-4-7-11(9-12)10-5-2-3-6-10;;;/h2*2,4-5,7-9H,3H2,1H3;2*1H;/q2*-1;;;+4/p-2. The number of halogens is 2. The van der Waals surface area contributed by atoms with E-state index in [1.165, 1.54) is 22.3 Å². The van der Waals surface area contributed by atoms with Gasteiger partial charge in [-0.15, -0.1) is 35.4 Å². The van der Waals surface area contributed by atoms with Gasteiger partial charge in [-0.05, 0) is 12.1 Å². The number of methoxy groups -OCH3 is 2. The Balaban J connectivity index is 0.000000490. The van der Waals surface area contributed by atoms with Gasteiger partial charge in [-0.2, -0.15) is 35.5 Å². The third-order valence-corrected chi connectivity index (χ3v) is 4.15. The van der Waals surface area contributed by atoms with Crippen LogP contribution in [0.2, 0.25) is 0 Å². The van der Waals surface area contributed by atoms with Gasteiger partial charge in [0.15, 0.2) is 0 Å². The van der Waals surface area contributed by atoms with Crippen LogP contribution in [0.4, 0.5) is 0 Å². The van der Waals surface area contributed by atoms with E-state index in [-0.39, 0.29) is 50.7 Å². The largest absolute Gasteiger partial charge is 4.00 e. The van der Waals surface area contributed by atoms with Crippen LogP contribution in [0.25, 0.3) is 11.1 Å². The van der Waals surface area contributed by atoms with Gasteiger partial charge in [0, 0.05) is 0 Å². The molecule has 0 spiro atoms. The average Bonchev–Trinajstić information content (AvgIpc) is 3.42. The molecule has 0 aromatic heterocycles. The summed E-state index contributed by atoms with van der Waals surface area (Å²) in [5.41, 5.74) is 4.68. The van der Waals surface area contributed by atoms with Crippen LogP contribution in [0.15, 0.2) is 72.8 Å². The molecule has 5 heteroatoms. The first-order valence-electron chi connectivity index (χ1n) is 8.64. The van der Waals surface area contributed by atoms with E-state index < -0.39 is 0 Å². The minimum Gasteiger partial charge on any atom is -1.00 e. The van der Waals surface area contributed by atoms with Gasteiger partial charge in [0.05, 0.1) is 14.2 Å². The predicted molar refractivity (Wildman–Crippen MR) is 107 cm³/mol. The zero-order chi connectivity index (χ0) is 18.2. The van der Waals surface area contributed by atoms with Gasteiger partial charge in [0.25, 0.3) is 0 Å². The second-order valence-electron chi connectivity index (χ2n) is 5.86. The van der Waals surface area contributed by atoms with Crippen molar-refractivity contribution in [3.8, 4) is 11.5 Å². The summed E-state index contributed by atoms with van der Waals surface area (Å²) in [6.45, 7) is 0. The van der Waals surface area contributed by atoms with Crippen LogP contribution in [-0.4, -0.2) is 14.2 Å². The number of benzene rings is 2. The van der Waals surface area contributed by atoms with Crippen LogP contribution in [0.3, 0.4) is 0 Å². The van der Waals surface area contributed by atoms with Gasteiger partial charge in [0.1, 0.15) is 11.5 Å². The Hall–Kier alpha value is -1.55. The van der Waals surface area contributed by atoms with E-state index in [4.69, 9.17) is 9.47 Å². The molecule has 29 heavy (non-hydrogen) atoms. The predicted octanol–water partition coefficient (Wildman–Crippen LogP) is -0.311. The van der Waals surface area contributed by atoms with Crippen molar-refractivity contribution in [3.05, 3.63) is 96.1 Å². The quantitative estimate of drug-likeness (QED) is 0.359. The summed E-state index contributed by atoms with van der Waals surface area (Å²) in [7, 11) is 3.36. The van der Waals surface area contributed by atoms with Crippen molar-refractivity contribution in [1.82, 2.24) is 0 Å². The third kappa shape index (κ3) is 8.00. The Morgan fingerprint density at radius 3 is 1.41 bits per heavy atom. The van der Waals surface area contributed by atoms with Gasteiger partial charge in [-0.3, -0.25) is 0 Å². The number of allylic oxidation sites excluding steroid dienone is 8. The molecule has 0 fully saturated rings. The number of ether oxygens (including phenoxy) is 2. The molecule has 0 unspecified atom stereocenters. The topological polar surface area (TPSA) is 18.5 Å². The number of hydrogen-bond acceptors (Lipinski definition) is 2. The summed E-state index contributed by atoms with van der Waals surface area (Å²) in [5.74, 6) is 1.79. The fourth-order valence-electron chi connectivity index (χ4n) is 2.79. The molecule has 0 aliphatic heterocycles. The zero-order valence-corrected chi connectivity index (χ0v) is 21.5. The van der Waals surface area contributed by atoms with Gasteiger partial charge in [-0.1, -0.05) is 37.1 Å². The zero-order valence-electron chi connectivity index (χ0n) is 16.4. The van der Waals surface area contributed by atoms with Gasteiger partial charge in [0.2, 0.25) is 0 Å². The van der Waals surface area contributed by atoms with Crippen molar-refractivity contribution in [2.24, 2.45) is 0 Å². The molecule has 0 amide bonds. The molecule has 2 aliphatic carbocycles. The van der Waals surface area contributed by atoms with E-state index in [1.54, 1.807) is 14.2 Å². The molecular weight excluding hydrogens is 570 g/mol. The second kappa shape index (κ2) is 14.4. The molecule has 0 saturated carbocycles. The molecular formula is C24H22Cl2HfO2. The Kier molecular flexibility index (Phi) is 13.7. The molecule has 0 saturated heterocycles. The normalized spacial score (nSPS) is 12.9. The van der Waals surface area contributed by atoms with Crippen molar-refractivity contribution in [2.75, 3.05) is 14.2 Å². The van der Waals surface area contributed by atoms with Crippen molar-refractivity contribution in [1.29, 1.82) is 0 Å². The first kappa shape index (κ1) is 27.5. The van der Waals surface area contributed by atoms with E-state index >= 15 is 0 Å². The molecule has 4 rings (SSSR count). The van der Waals surface area contributed by atoms with Crippen LogP contribution in [-0.2, 0) is 25.8 Å². The molecule has 2 aliphatic rings. The van der Waals surface area contributed by atoms with Crippen molar-refractivity contribution in [3.63, 3.8) is 0 Å². The first-order chi connectivity index (χ1) is 12.8. The maximum absolute atomic E-state index is 5.15. The van der Waals surface area contributed by atoms with E-state index in [9.17, 15) is 0 Å². The molecule has 2 nitrogen and oxygen atoms in total. The number of rotatable bonds is 4. The van der Waals surface area contributed by atoms with Crippen molar-refractivity contribution >= 4 is 11.1 Å². The molecule has 0 bridgehead atoms. The molecule has 2 aromatic rings. The maximum Gasteiger partial charge on any atom is 4.00 e. The van der Waals surface area contributed by atoms with Crippen LogP contribution < -0.4 is 34.3 Å². The van der Waals surface area contributed by atoms with E-state index in [1.807, 2.05) is 36.4 Å². The second-order valence-corrected chi connectivity index (χ2v) is 5.86. The molecule has 0 N–H and O–H groups in total. The van der Waals surface area contributed by atoms with Crippen LogP contribution >= 0.6 is 0 Å². The first-order valence-corrected chi connectivity index (χ1v) is 8.64. The Bertz CT molecular complexity index is 812. The molecule has 0 atom stereocenters. The maximum atomic E-state index is 5.15. The molecule has 0 heterocycles. The number of hydrogen-bond donors (Lipinski definition) is 0. The molecule has 0 radical (unpaired) electrons. The SMILES string of the molecule is COc1cccc(C2=[C-]CC=C2)c1.COc1cccc(C2=[C-]CC=C2)c1.[Cl-].[Cl-].[Hf+4]. The molecule has 2 aromatic carbocycles. The molecule has 148 valence electrons. The Morgan fingerprint density at radius 1 is 0.690 bits per heavy atom. The van der Waals surface area contributed by atoms with E-state index in [0.717, 1.165) is 24.3 Å². The van der Waals surface area contributed by atoms with Gasteiger partial charge >= 0.3 is 25.8 Å². The minimum atomic E-state index is 0. The van der Waals surface area contributed by atoms with Crippen LogP contribution in [0.5, 0.6) is 11.5 Å². The van der Waals surface area contributed by atoms with Gasteiger partial charge in [-0.25, -0.2) is 0 Å². The Morgan fingerprint density at radius 2 is 1.10 bits per heavy atom. The third-order valence-electron chi connectivity index (χ3n) is 4.15. The summed E-state index contributed by atoms with van der Waals surface area (Å²) >= 11 is 0. The van der Waals surface area contributed by atoms with E-state index in [2.05, 4.69) is 48.6 Å². The van der Waals surface area contributed by atoms with Crippen molar-refractivity contribution < 1.29 is 60.1 Å². The summed E-state index contributed by atoms with van der Waals surface area (Å²) in [5, 5.41) is 0. The van der Waals surface area contributed by atoms with Crippen molar-refractivity contribution in [2.45, 2.75) is 12.8 Å². The van der Waals surface area contributed by atoms with Crippen LogP contribution in [0, 0.1) is 12.2 Å². The van der Waals surface area contributed by atoms with Gasteiger partial charge < -0.3 is 34.3 Å². The summed E-state index contributed by atoms with van der Waals surface area (Å²) in [4.78, 5) is 0. The fourth-order valence-corrected chi connectivity index (χ4v) is 2.79. The minimum absolute atomic E-state index is 0. The Labute approximate surface area is 205 Å². The fraction of sp³-hybridized carbons (Fsp3) is 0.167. The van der Waals surface area contributed by atoms with E-state index in [0.29, 0.717) is 0 Å².